The van der Waals surface area contributed by atoms with Gasteiger partial charge in [0.1, 0.15) is 0 Å². The Morgan fingerprint density at radius 2 is 1.22 bits per heavy atom. The molecule has 0 heterocycles. The summed E-state index contributed by atoms with van der Waals surface area (Å²) in [5, 5.41) is 0. The van der Waals surface area contributed by atoms with Gasteiger partial charge in [-0.2, -0.15) is 0 Å². The molecule has 0 aliphatic rings. The largest absolute Gasteiger partial charge is 0.372 e. The van der Waals surface area contributed by atoms with Crippen molar-refractivity contribution in [1.82, 2.24) is 0 Å². The first-order valence-corrected chi connectivity index (χ1v) is 9.84. The minimum absolute atomic E-state index is 0.343. The zero-order valence-corrected chi connectivity index (χ0v) is 18.7. The Hall–Kier alpha value is -0.480. The molecule has 1 rings (SSSR count). The van der Waals surface area contributed by atoms with E-state index >= 15 is 0 Å². The normalized spacial score (nSPS) is 10.3. The molecule has 0 saturated heterocycles. The van der Waals surface area contributed by atoms with E-state index in [2.05, 4.69) is 51.5 Å². The van der Waals surface area contributed by atoms with E-state index < -0.39 is 0 Å². The number of hydrogen-bond donors (Lipinski definition) is 0. The Morgan fingerprint density at radius 1 is 0.826 bits per heavy atom. The first kappa shape index (κ1) is 24.8. The number of hydrogen-bond acceptors (Lipinski definition) is 4. The molecular formula is C19H38N2S2. The highest BCUT2D eigenvalue weighted by Gasteiger charge is 2.22. The van der Waals surface area contributed by atoms with Crippen LogP contribution >= 0.6 is 24.4 Å². The van der Waals surface area contributed by atoms with Crippen LogP contribution in [0.4, 0.5) is 11.4 Å². The predicted molar refractivity (Wildman–Crippen MR) is 114 cm³/mol. The lowest BCUT2D eigenvalue weighted by molar-refractivity contribution is 0.381. The molecule has 0 aliphatic heterocycles. The van der Waals surface area contributed by atoms with Gasteiger partial charge < -0.3 is 9.80 Å². The summed E-state index contributed by atoms with van der Waals surface area (Å²) >= 11 is 10.9. The Morgan fingerprint density at radius 3 is 1.57 bits per heavy atom. The van der Waals surface area contributed by atoms with Crippen molar-refractivity contribution in [2.75, 3.05) is 36.5 Å². The summed E-state index contributed by atoms with van der Waals surface area (Å²) in [6.45, 7) is 22.1. The molecule has 0 bridgehead atoms. The van der Waals surface area contributed by atoms with Crippen molar-refractivity contribution in [2.45, 2.75) is 68.7 Å². The zero-order valence-electron chi connectivity index (χ0n) is 17.0. The first-order valence-electron chi connectivity index (χ1n) is 9.02. The van der Waals surface area contributed by atoms with Gasteiger partial charge in [-0.25, -0.2) is 0 Å². The van der Waals surface area contributed by atoms with Gasteiger partial charge in [0, 0.05) is 26.7 Å². The molecule has 2 nitrogen and oxygen atoms in total. The summed E-state index contributed by atoms with van der Waals surface area (Å²) < 4.78 is 1.74. The number of nitrogens with zero attached hydrogens (tertiary/aromatic N) is 2. The van der Waals surface area contributed by atoms with E-state index in [4.69, 9.17) is 24.4 Å². The van der Waals surface area contributed by atoms with Gasteiger partial charge in [-0.1, -0.05) is 72.9 Å². The lowest BCUT2D eigenvalue weighted by Gasteiger charge is -2.33. The molecule has 23 heavy (non-hydrogen) atoms. The third-order valence-corrected chi connectivity index (χ3v) is 4.44. The lowest BCUT2D eigenvalue weighted by Crippen LogP contribution is -2.30. The van der Waals surface area contributed by atoms with Crippen LogP contribution in [0, 0.1) is 14.4 Å². The summed E-state index contributed by atoms with van der Waals surface area (Å²) in [7, 11) is 2.12. The van der Waals surface area contributed by atoms with Crippen molar-refractivity contribution >= 4 is 35.8 Å². The SMILES string of the molecule is CC.CC.CCN(CC)c1c(N(C)CCC(C)(C)C)c(=S)c1=S. The molecule has 4 heteroatoms. The molecule has 0 aliphatic carbocycles. The van der Waals surface area contributed by atoms with Crippen molar-refractivity contribution < 1.29 is 0 Å². The van der Waals surface area contributed by atoms with E-state index in [1.165, 1.54) is 11.4 Å². The fourth-order valence-corrected chi connectivity index (χ4v) is 2.84. The first-order chi connectivity index (χ1) is 10.7. The van der Waals surface area contributed by atoms with Crippen LogP contribution in [0.15, 0.2) is 0 Å². The lowest BCUT2D eigenvalue weighted by atomic mass is 9.92. The molecule has 1 aromatic carbocycles. The molecule has 136 valence electrons. The van der Waals surface area contributed by atoms with E-state index in [0.717, 1.165) is 35.1 Å². The highest BCUT2D eigenvalue weighted by molar-refractivity contribution is 7.74. The van der Waals surface area contributed by atoms with Crippen LogP contribution in [-0.2, 0) is 0 Å². The Balaban J connectivity index is 0. The Labute approximate surface area is 155 Å². The molecule has 0 fully saturated rings. The summed E-state index contributed by atoms with van der Waals surface area (Å²) in [4.78, 5) is 4.58. The van der Waals surface area contributed by atoms with Gasteiger partial charge >= 0.3 is 0 Å². The van der Waals surface area contributed by atoms with Crippen LogP contribution in [0.1, 0.15) is 68.7 Å². The third kappa shape index (κ3) is 7.30. The molecule has 0 unspecified atom stereocenters. The molecule has 0 N–H and O–H groups in total. The smallest absolute Gasteiger partial charge is 0.0835 e. The average Bonchev–Trinajstić information content (AvgIpc) is 2.55. The summed E-state index contributed by atoms with van der Waals surface area (Å²) in [6, 6.07) is 0. The summed E-state index contributed by atoms with van der Waals surface area (Å²) in [5.74, 6) is 0. The van der Waals surface area contributed by atoms with Gasteiger partial charge in [0.25, 0.3) is 0 Å². The minimum Gasteiger partial charge on any atom is -0.372 e. The molecule has 0 radical (unpaired) electrons. The molecule has 0 amide bonds. The van der Waals surface area contributed by atoms with Gasteiger partial charge in [-0.15, -0.1) is 0 Å². The topological polar surface area (TPSA) is 6.48 Å². The van der Waals surface area contributed by atoms with Crippen LogP contribution in [0.5, 0.6) is 0 Å². The van der Waals surface area contributed by atoms with Gasteiger partial charge in [-0.3, -0.25) is 0 Å². The maximum absolute atomic E-state index is 5.44. The maximum Gasteiger partial charge on any atom is 0.0835 e. The highest BCUT2D eigenvalue weighted by atomic mass is 32.1. The fraction of sp³-hybridized carbons (Fsp3) is 0.789. The van der Waals surface area contributed by atoms with Crippen LogP contribution in [-0.4, -0.2) is 26.7 Å². The molecule has 0 aromatic heterocycles. The van der Waals surface area contributed by atoms with Crippen molar-refractivity contribution in [2.24, 2.45) is 5.41 Å². The monoisotopic (exact) mass is 358 g/mol. The van der Waals surface area contributed by atoms with Gasteiger partial charge in [0.05, 0.1) is 20.4 Å². The third-order valence-electron chi connectivity index (χ3n) is 3.52. The predicted octanol–water partition coefficient (Wildman–Crippen LogP) is 6.79. The second-order valence-electron chi connectivity index (χ2n) is 6.26. The quantitative estimate of drug-likeness (QED) is 0.516. The molecule has 1 aromatic rings. The van der Waals surface area contributed by atoms with Crippen molar-refractivity contribution in [1.29, 1.82) is 0 Å². The second kappa shape index (κ2) is 12.0. The van der Waals surface area contributed by atoms with Gasteiger partial charge in [0.2, 0.25) is 0 Å². The second-order valence-corrected chi connectivity index (χ2v) is 7.08. The van der Waals surface area contributed by atoms with E-state index in [0.29, 0.717) is 5.41 Å². The van der Waals surface area contributed by atoms with Crippen molar-refractivity contribution in [3.63, 3.8) is 0 Å². The van der Waals surface area contributed by atoms with Gasteiger partial charge in [0.15, 0.2) is 0 Å². The standard InChI is InChI=1S/C15H26N2S2.2C2H6/c1-7-17(8-2)12-11(13(18)14(12)19)16(6)10-9-15(3,4)5;2*1-2/h7-10H2,1-6H3;2*1-2H3. The van der Waals surface area contributed by atoms with Gasteiger partial charge in [-0.05, 0) is 25.7 Å². The Kier molecular flexibility index (Phi) is 12.9. The molecule has 0 saturated carbocycles. The Bertz CT molecular complexity index is 490. The van der Waals surface area contributed by atoms with Crippen LogP contribution in [0.2, 0.25) is 0 Å². The zero-order chi connectivity index (χ0) is 18.8. The molecule has 0 spiro atoms. The maximum atomic E-state index is 5.44. The number of rotatable bonds is 6. The van der Waals surface area contributed by atoms with Crippen LogP contribution in [0.3, 0.4) is 0 Å². The minimum atomic E-state index is 0.343. The number of anilines is 2. The highest BCUT2D eigenvalue weighted by Crippen LogP contribution is 2.38. The van der Waals surface area contributed by atoms with Crippen LogP contribution < -0.4 is 9.80 Å². The average molecular weight is 359 g/mol. The molecular weight excluding hydrogens is 320 g/mol. The summed E-state index contributed by atoms with van der Waals surface area (Å²) in [5.41, 5.74) is 2.70. The van der Waals surface area contributed by atoms with E-state index in [9.17, 15) is 0 Å². The summed E-state index contributed by atoms with van der Waals surface area (Å²) in [6.07, 6.45) is 1.15. The van der Waals surface area contributed by atoms with E-state index in [-0.39, 0.29) is 0 Å². The van der Waals surface area contributed by atoms with Crippen molar-refractivity contribution in [3.05, 3.63) is 9.02 Å². The molecule has 0 atom stereocenters. The van der Waals surface area contributed by atoms with E-state index in [1.54, 1.807) is 0 Å². The fourth-order valence-electron chi connectivity index (χ4n) is 2.17. The van der Waals surface area contributed by atoms with Crippen molar-refractivity contribution in [3.8, 4) is 0 Å². The van der Waals surface area contributed by atoms with Crippen LogP contribution in [0.25, 0.3) is 0 Å². The van der Waals surface area contributed by atoms with E-state index in [1.807, 2.05) is 27.7 Å².